The van der Waals surface area contributed by atoms with E-state index in [0.717, 1.165) is 40.8 Å². The van der Waals surface area contributed by atoms with Crippen molar-refractivity contribution in [3.63, 3.8) is 0 Å². The normalized spacial score (nSPS) is 19.9. The molecule has 4 heteroatoms. The van der Waals surface area contributed by atoms with Gasteiger partial charge < -0.3 is 16.4 Å². The summed E-state index contributed by atoms with van der Waals surface area (Å²) in [6, 6.07) is 21.2. The molecule has 1 heterocycles. The van der Waals surface area contributed by atoms with Crippen LogP contribution in [-0.2, 0) is 6.54 Å². The fourth-order valence-electron chi connectivity index (χ4n) is 3.93. The summed E-state index contributed by atoms with van der Waals surface area (Å²) in [5, 5.41) is 5.19. The molecule has 2 atom stereocenters. The highest BCUT2D eigenvalue weighted by molar-refractivity contribution is 9.10. The van der Waals surface area contributed by atoms with Gasteiger partial charge in [0.1, 0.15) is 1.41 Å². The first-order valence-electron chi connectivity index (χ1n) is 10.6. The monoisotopic (exact) mass is 450 g/mol. The molecule has 3 aromatic rings. The molecule has 0 saturated carbocycles. The van der Waals surface area contributed by atoms with Crippen molar-refractivity contribution in [1.29, 1.82) is 0 Å². The van der Waals surface area contributed by atoms with E-state index < -0.39 is 0 Å². The van der Waals surface area contributed by atoms with Gasteiger partial charge in [-0.15, -0.1) is 0 Å². The molecule has 0 bridgehead atoms. The highest BCUT2D eigenvalue weighted by Crippen LogP contribution is 2.36. The Bertz CT molecular complexity index is 1040. The van der Waals surface area contributed by atoms with Crippen LogP contribution in [0.2, 0.25) is 1.41 Å². The maximum atomic E-state index is 8.70. The number of anilines is 2. The van der Waals surface area contributed by atoms with Crippen LogP contribution in [0.15, 0.2) is 65.1 Å². The van der Waals surface area contributed by atoms with E-state index in [1.54, 1.807) is 5.31 Å². The van der Waals surface area contributed by atoms with Crippen LogP contribution in [0.3, 0.4) is 0 Å². The maximum absolute atomic E-state index is 8.70. The van der Waals surface area contributed by atoms with Crippen LogP contribution in [0.5, 0.6) is 0 Å². The molecule has 1 aliphatic heterocycles. The number of hydrogen-bond acceptors (Lipinski definition) is 3. The molecule has 4 rings (SSSR count). The minimum atomic E-state index is 0.0646. The largest absolute Gasteiger partial charge is 0.397 e. The smallest absolute Gasteiger partial charge is 0.123 e. The van der Waals surface area contributed by atoms with Gasteiger partial charge in [0.15, 0.2) is 0 Å². The summed E-state index contributed by atoms with van der Waals surface area (Å²) < 4.78 is 9.76. The molecule has 1 fully saturated rings. The molecule has 150 valence electrons. The number of nitrogens with two attached hydrogens (primary N) is 1. The van der Waals surface area contributed by atoms with Crippen LogP contribution in [0, 0.1) is 13.8 Å². The van der Waals surface area contributed by atoms with E-state index in [-0.39, 0.29) is 12.1 Å². The molecule has 0 aromatic heterocycles. The quantitative estimate of drug-likeness (QED) is 0.392. The van der Waals surface area contributed by atoms with Crippen molar-refractivity contribution < 1.29 is 1.41 Å². The molecule has 0 aliphatic carbocycles. The number of hydrogen-bond donors (Lipinski definition) is 3. The number of nitrogen functional groups attached to an aromatic ring is 1. The molecule has 1 saturated heterocycles. The van der Waals surface area contributed by atoms with Crippen molar-refractivity contribution in [2.24, 2.45) is 0 Å². The van der Waals surface area contributed by atoms with Gasteiger partial charge in [-0.25, -0.2) is 0 Å². The van der Waals surface area contributed by atoms with Crippen molar-refractivity contribution in [3.05, 3.63) is 93.0 Å². The van der Waals surface area contributed by atoms with E-state index in [2.05, 4.69) is 71.5 Å². The van der Waals surface area contributed by atoms with Gasteiger partial charge in [-0.2, -0.15) is 0 Å². The van der Waals surface area contributed by atoms with E-state index in [1.165, 1.54) is 22.3 Å². The zero-order valence-electron chi connectivity index (χ0n) is 18.0. The summed E-state index contributed by atoms with van der Waals surface area (Å²) in [6.07, 6.45) is 1.93. The number of rotatable bonds is 5. The highest BCUT2D eigenvalue weighted by atomic mass is 79.9. The van der Waals surface area contributed by atoms with E-state index in [9.17, 15) is 0 Å². The van der Waals surface area contributed by atoms with Crippen molar-refractivity contribution in [2.45, 2.75) is 45.3 Å². The SMILES string of the molecule is [2H]N1C(c2ccc(Br)cc2)CCC1c1ccc(NCc2ccc(C)c(C)c2)c(N)c1. The van der Waals surface area contributed by atoms with Gasteiger partial charge in [0.2, 0.25) is 0 Å². The fraction of sp³-hybridized carbons (Fsp3) is 0.280. The molecule has 0 radical (unpaired) electrons. The lowest BCUT2D eigenvalue weighted by Gasteiger charge is -2.17. The molecule has 0 spiro atoms. The molecule has 29 heavy (non-hydrogen) atoms. The number of nitrogens with one attached hydrogen (secondary N) is 2. The van der Waals surface area contributed by atoms with Gasteiger partial charge in [0.25, 0.3) is 0 Å². The van der Waals surface area contributed by atoms with Crippen molar-refractivity contribution >= 4 is 27.3 Å². The van der Waals surface area contributed by atoms with Crippen molar-refractivity contribution in [2.75, 3.05) is 11.1 Å². The minimum Gasteiger partial charge on any atom is -0.397 e. The van der Waals surface area contributed by atoms with Crippen LogP contribution in [0.25, 0.3) is 0 Å². The molecular weight excluding hydrogens is 422 g/mol. The Balaban J connectivity index is 1.45. The van der Waals surface area contributed by atoms with Crippen LogP contribution >= 0.6 is 15.9 Å². The summed E-state index contributed by atoms with van der Waals surface area (Å²) >= 11 is 3.49. The van der Waals surface area contributed by atoms with Crippen LogP contribution < -0.4 is 16.4 Å². The summed E-state index contributed by atoms with van der Waals surface area (Å²) in [5.41, 5.74) is 14.2. The maximum Gasteiger partial charge on any atom is 0.123 e. The third-order valence-corrected chi connectivity index (χ3v) is 6.37. The Kier molecular flexibility index (Phi) is 5.55. The van der Waals surface area contributed by atoms with Crippen LogP contribution in [-0.4, -0.2) is 0 Å². The first-order chi connectivity index (χ1) is 14.4. The molecule has 4 N–H and O–H groups in total. The predicted molar refractivity (Wildman–Crippen MR) is 126 cm³/mol. The second-order valence-corrected chi connectivity index (χ2v) is 8.84. The van der Waals surface area contributed by atoms with E-state index in [0.29, 0.717) is 0 Å². The number of aryl methyl sites for hydroxylation is 2. The van der Waals surface area contributed by atoms with Crippen molar-refractivity contribution in [1.82, 2.24) is 5.31 Å². The van der Waals surface area contributed by atoms with Gasteiger partial charge in [0.05, 0.1) is 11.4 Å². The Labute approximate surface area is 183 Å². The Hall–Kier alpha value is -2.30. The van der Waals surface area contributed by atoms with Gasteiger partial charge in [0, 0.05) is 23.1 Å². The lowest BCUT2D eigenvalue weighted by molar-refractivity contribution is 0.575. The zero-order valence-corrected chi connectivity index (χ0v) is 18.5. The minimum absolute atomic E-state index is 0.0646. The first-order valence-corrected chi connectivity index (χ1v) is 10.9. The average molecular weight is 451 g/mol. The van der Waals surface area contributed by atoms with Gasteiger partial charge >= 0.3 is 0 Å². The van der Waals surface area contributed by atoms with Gasteiger partial charge in [-0.3, -0.25) is 0 Å². The summed E-state index contributed by atoms with van der Waals surface area (Å²) in [6.45, 7) is 5.01. The van der Waals surface area contributed by atoms with E-state index in [1.807, 2.05) is 24.3 Å². The summed E-state index contributed by atoms with van der Waals surface area (Å²) in [7, 11) is 0. The van der Waals surface area contributed by atoms with Crippen molar-refractivity contribution in [3.8, 4) is 0 Å². The van der Waals surface area contributed by atoms with Gasteiger partial charge in [-0.05, 0) is 78.8 Å². The third kappa shape index (κ3) is 4.65. The molecular formula is C25H28BrN3. The highest BCUT2D eigenvalue weighted by Gasteiger charge is 2.26. The standard InChI is InChI=1S/C25H28BrN3/c1-16-3-4-18(13-17(16)2)15-28-25-10-7-20(14-22(25)27)24-12-11-23(29-24)19-5-8-21(26)9-6-19/h3-10,13-14,23-24,28-29H,11-12,15,27H2,1-2H3/i/hD. The van der Waals surface area contributed by atoms with Gasteiger partial charge in [-0.1, -0.05) is 52.3 Å². The Morgan fingerprint density at radius 3 is 2.34 bits per heavy atom. The van der Waals surface area contributed by atoms with E-state index in [4.69, 9.17) is 7.15 Å². The van der Waals surface area contributed by atoms with Crippen LogP contribution in [0.4, 0.5) is 11.4 Å². The zero-order chi connectivity index (χ0) is 21.3. The molecule has 0 amide bonds. The number of halogens is 1. The molecule has 3 nitrogen and oxygen atoms in total. The third-order valence-electron chi connectivity index (χ3n) is 5.84. The summed E-state index contributed by atoms with van der Waals surface area (Å²) in [5.74, 6) is 0. The second-order valence-electron chi connectivity index (χ2n) is 7.93. The molecule has 3 aromatic carbocycles. The lowest BCUT2D eigenvalue weighted by atomic mass is 10.0. The number of benzene rings is 3. The van der Waals surface area contributed by atoms with Crippen LogP contribution in [0.1, 0.15) is 52.7 Å². The molecule has 2 unspecified atom stereocenters. The Morgan fingerprint density at radius 1 is 0.966 bits per heavy atom. The molecule has 1 aliphatic rings. The fourth-order valence-corrected chi connectivity index (χ4v) is 4.20. The average Bonchev–Trinajstić information content (AvgIpc) is 3.11. The lowest BCUT2D eigenvalue weighted by Crippen LogP contribution is -2.17. The topological polar surface area (TPSA) is 50.1 Å². The first kappa shape index (κ1) is 18.7. The Morgan fingerprint density at radius 2 is 1.66 bits per heavy atom. The summed E-state index contributed by atoms with van der Waals surface area (Å²) in [4.78, 5) is 0. The predicted octanol–water partition coefficient (Wildman–Crippen LogP) is 6.43. The van der Waals surface area contributed by atoms with E-state index >= 15 is 0 Å². The second kappa shape index (κ2) is 8.60.